The van der Waals surface area contributed by atoms with Crippen molar-refractivity contribution in [3.8, 4) is 0 Å². The van der Waals surface area contributed by atoms with Crippen LogP contribution in [0.3, 0.4) is 0 Å². The lowest BCUT2D eigenvalue weighted by Gasteiger charge is -1.98. The molecule has 0 aliphatic heterocycles. The first kappa shape index (κ1) is 3.21. The lowest BCUT2D eigenvalue weighted by atomic mass is 11.0. The molecule has 0 bridgehead atoms. The normalized spacial score (nSPS) is 8.67. The van der Waals surface area contributed by atoms with E-state index in [0.29, 0.717) is 4.73 Å². The third kappa shape index (κ3) is 0.337. The molecule has 3 heteroatoms. The summed E-state index contributed by atoms with van der Waals surface area (Å²) in [5.74, 6) is 0. The van der Waals surface area contributed by atoms with Crippen LogP contribution >= 0.6 is 0 Å². The highest BCUT2D eigenvalue weighted by molar-refractivity contribution is 4.75. The van der Waals surface area contributed by atoms with E-state index in [4.69, 9.17) is 0 Å². The van der Waals surface area contributed by atoms with E-state index in [1.165, 1.54) is 18.7 Å². The van der Waals surface area contributed by atoms with Crippen molar-refractivity contribution < 1.29 is 0 Å². The van der Waals surface area contributed by atoms with Gasteiger partial charge in [-0.15, -0.1) is 0 Å². The quantitative estimate of drug-likeness (QED) is 0.450. The van der Waals surface area contributed by atoms with E-state index in [0.717, 1.165) is 0 Å². The van der Waals surface area contributed by atoms with Crippen LogP contribution in [0.25, 0.3) is 0 Å². The summed E-state index contributed by atoms with van der Waals surface area (Å²) in [7, 11) is 0. The van der Waals surface area contributed by atoms with E-state index in [-0.39, 0.29) is 0 Å². The summed E-state index contributed by atoms with van der Waals surface area (Å²) in [6, 6.07) is 0. The molecule has 0 atom stereocenters. The highest BCUT2D eigenvalue weighted by atomic mass is 16.5. The minimum atomic E-state index is 0.639. The maximum Gasteiger partial charge on any atom is 0.0898 e. The predicted octanol–water partition coefficient (Wildman–Crippen LogP) is 0.229. The summed E-state index contributed by atoms with van der Waals surface area (Å²) in [4.78, 5) is 3.47. The van der Waals surface area contributed by atoms with Crippen LogP contribution in [-0.2, 0) is 0 Å². The molecule has 0 radical (unpaired) electrons. The van der Waals surface area contributed by atoms with Crippen molar-refractivity contribution >= 4 is 0 Å². The van der Waals surface area contributed by atoms with E-state index in [2.05, 4.69) is 4.98 Å². The van der Waals surface area contributed by atoms with Gasteiger partial charge in [0, 0.05) is 12.4 Å². The molecule has 0 N–H and O–H groups in total. The maximum atomic E-state index is 9.92. The lowest BCUT2D eigenvalue weighted by molar-refractivity contribution is 1.08. The van der Waals surface area contributed by atoms with Gasteiger partial charge in [0.15, 0.2) is 0 Å². The fourth-order valence-electron chi connectivity index (χ4n) is 0.247. The lowest BCUT2D eigenvalue weighted by Crippen LogP contribution is -1.73. The molecule has 0 spiro atoms. The van der Waals surface area contributed by atoms with Crippen LogP contribution in [0.5, 0.6) is 0 Å². The monoisotopic (exact) mass is 83.0 g/mol. The minimum absolute atomic E-state index is 0.639. The summed E-state index contributed by atoms with van der Waals surface area (Å²) in [5, 5.41) is 9.92. The highest BCUT2D eigenvalue weighted by Crippen LogP contribution is 1.74. The molecule has 1 heterocycles. The summed E-state index contributed by atoms with van der Waals surface area (Å²) in [6.45, 7) is 0. The van der Waals surface area contributed by atoms with Crippen molar-refractivity contribution in [3.63, 3.8) is 0 Å². The van der Waals surface area contributed by atoms with Crippen molar-refractivity contribution in [2.24, 2.45) is 0 Å². The average molecular weight is 83.1 g/mol. The molecule has 0 aliphatic rings. The van der Waals surface area contributed by atoms with Crippen molar-refractivity contribution in [3.05, 3.63) is 23.9 Å². The molecule has 0 saturated heterocycles. The standard InChI is InChI=1S/C3H3N2O/c6-5-2-1-4-3-5/h1-3H/q-1. The molecule has 0 unspecified atom stereocenters. The maximum absolute atomic E-state index is 9.92. The largest absolute Gasteiger partial charge is 0.805 e. The summed E-state index contributed by atoms with van der Waals surface area (Å²) >= 11 is 0. The average Bonchev–Trinajstić information content (AvgIpc) is 1.86. The SMILES string of the molecule is [O-]n1ccnc1. The fourth-order valence-corrected chi connectivity index (χ4v) is 0.247. The van der Waals surface area contributed by atoms with Crippen molar-refractivity contribution in [1.82, 2.24) is 9.71 Å². The zero-order valence-corrected chi connectivity index (χ0v) is 3.03. The molecule has 1 rings (SSSR count). The Balaban J connectivity index is 3.05. The summed E-state index contributed by atoms with van der Waals surface area (Å²) < 4.78 is 0.639. The van der Waals surface area contributed by atoms with E-state index in [1.807, 2.05) is 0 Å². The second kappa shape index (κ2) is 1.01. The first-order chi connectivity index (χ1) is 2.89. The van der Waals surface area contributed by atoms with Gasteiger partial charge in [0.1, 0.15) is 0 Å². The van der Waals surface area contributed by atoms with Gasteiger partial charge in [0.25, 0.3) is 0 Å². The van der Waals surface area contributed by atoms with Crippen molar-refractivity contribution in [2.75, 3.05) is 0 Å². The molecule has 3 nitrogen and oxygen atoms in total. The third-order valence-corrected chi connectivity index (χ3v) is 0.480. The van der Waals surface area contributed by atoms with Crippen molar-refractivity contribution in [2.45, 2.75) is 0 Å². The van der Waals surface area contributed by atoms with Gasteiger partial charge in [-0.2, -0.15) is 0 Å². The van der Waals surface area contributed by atoms with Gasteiger partial charge in [0.05, 0.1) is 6.33 Å². The second-order valence-electron chi connectivity index (χ2n) is 0.923. The molecule has 0 saturated carbocycles. The molecule has 0 aromatic carbocycles. The van der Waals surface area contributed by atoms with Crippen LogP contribution in [0, 0.1) is 5.21 Å². The third-order valence-electron chi connectivity index (χ3n) is 0.480. The molecule has 0 amide bonds. The Hall–Kier alpha value is -0.990. The predicted molar refractivity (Wildman–Crippen MR) is 21.0 cm³/mol. The van der Waals surface area contributed by atoms with Crippen LogP contribution in [0.1, 0.15) is 0 Å². The number of hydrogen-bond donors (Lipinski definition) is 0. The van der Waals surface area contributed by atoms with Gasteiger partial charge in [-0.05, 0) is 0 Å². The number of imidazole rings is 1. The number of aromatic nitrogens is 2. The topological polar surface area (TPSA) is 40.9 Å². The van der Waals surface area contributed by atoms with E-state index < -0.39 is 0 Å². The van der Waals surface area contributed by atoms with Gasteiger partial charge in [0.2, 0.25) is 0 Å². The minimum Gasteiger partial charge on any atom is -0.805 e. The van der Waals surface area contributed by atoms with E-state index in [9.17, 15) is 5.21 Å². The molecule has 0 fully saturated rings. The Morgan fingerprint density at radius 2 is 2.50 bits per heavy atom. The van der Waals surface area contributed by atoms with Crippen LogP contribution in [0.2, 0.25) is 0 Å². The van der Waals surface area contributed by atoms with E-state index in [1.54, 1.807) is 0 Å². The van der Waals surface area contributed by atoms with Crippen LogP contribution < -0.4 is 0 Å². The second-order valence-corrected chi connectivity index (χ2v) is 0.923. The zero-order chi connectivity index (χ0) is 4.41. The van der Waals surface area contributed by atoms with Gasteiger partial charge in [-0.1, -0.05) is 0 Å². The number of hydrogen-bond acceptors (Lipinski definition) is 2. The fraction of sp³-hybridized carbons (Fsp3) is 0. The Morgan fingerprint density at radius 3 is 2.67 bits per heavy atom. The van der Waals surface area contributed by atoms with Gasteiger partial charge >= 0.3 is 0 Å². The Labute approximate surface area is 34.8 Å². The molecule has 0 aliphatic carbocycles. The summed E-state index contributed by atoms with van der Waals surface area (Å²) in [5.41, 5.74) is 0. The van der Waals surface area contributed by atoms with Gasteiger partial charge in [-0.3, -0.25) is 0 Å². The molecular weight excluding hydrogens is 80.0 g/mol. The molecule has 1 aromatic heterocycles. The van der Waals surface area contributed by atoms with Crippen molar-refractivity contribution in [1.29, 1.82) is 0 Å². The number of rotatable bonds is 0. The zero-order valence-electron chi connectivity index (χ0n) is 3.03. The Bertz CT molecular complexity index is 112. The van der Waals surface area contributed by atoms with Gasteiger partial charge < -0.3 is 9.94 Å². The van der Waals surface area contributed by atoms with Crippen LogP contribution in [0.4, 0.5) is 0 Å². The number of nitrogens with zero attached hydrogens (tertiary/aromatic N) is 2. The first-order valence-electron chi connectivity index (χ1n) is 1.55. The van der Waals surface area contributed by atoms with Gasteiger partial charge in [-0.25, -0.2) is 4.98 Å². The first-order valence-corrected chi connectivity index (χ1v) is 1.55. The van der Waals surface area contributed by atoms with Crippen LogP contribution in [0.15, 0.2) is 18.7 Å². The molecule has 32 valence electrons. The molecule has 6 heavy (non-hydrogen) atoms. The Kier molecular flexibility index (Phi) is 0.538. The molecule has 1 aromatic rings. The smallest absolute Gasteiger partial charge is 0.0898 e. The van der Waals surface area contributed by atoms with Crippen LogP contribution in [-0.4, -0.2) is 9.71 Å². The Morgan fingerprint density at radius 1 is 1.67 bits per heavy atom. The summed E-state index contributed by atoms with van der Waals surface area (Å²) in [6.07, 6.45) is 3.97. The molecular formula is C3H3N2O-. The highest BCUT2D eigenvalue weighted by Gasteiger charge is 1.63. The van der Waals surface area contributed by atoms with E-state index >= 15 is 0 Å².